The van der Waals surface area contributed by atoms with Crippen molar-refractivity contribution in [3.8, 4) is 0 Å². The Labute approximate surface area is 99.6 Å². The standard InChI is InChI=1S/C13H26N2O/c1-4-10-15(11-5-2)12(16)13(3)8-6-7-9-14-13/h14H,4-11H2,1-3H3. The summed E-state index contributed by atoms with van der Waals surface area (Å²) < 4.78 is 0. The lowest BCUT2D eigenvalue weighted by Gasteiger charge is -2.38. The molecule has 3 heteroatoms. The molecule has 3 nitrogen and oxygen atoms in total. The number of amides is 1. The molecule has 0 aromatic heterocycles. The van der Waals surface area contributed by atoms with E-state index in [9.17, 15) is 4.79 Å². The van der Waals surface area contributed by atoms with E-state index in [4.69, 9.17) is 0 Å². The molecular formula is C13H26N2O. The number of hydrogen-bond donors (Lipinski definition) is 1. The molecule has 1 fully saturated rings. The van der Waals surface area contributed by atoms with Crippen molar-refractivity contribution in [1.82, 2.24) is 10.2 Å². The molecule has 1 aliphatic rings. The SMILES string of the molecule is CCCN(CCC)C(=O)C1(C)CCCCN1. The first-order chi connectivity index (χ1) is 7.64. The lowest BCUT2D eigenvalue weighted by Crippen LogP contribution is -2.58. The number of hydrogen-bond acceptors (Lipinski definition) is 2. The van der Waals surface area contributed by atoms with Crippen molar-refractivity contribution in [2.45, 2.75) is 58.4 Å². The summed E-state index contributed by atoms with van der Waals surface area (Å²) in [7, 11) is 0. The highest BCUT2D eigenvalue weighted by molar-refractivity contribution is 5.86. The van der Waals surface area contributed by atoms with Crippen LogP contribution in [0.5, 0.6) is 0 Å². The van der Waals surface area contributed by atoms with Crippen LogP contribution in [-0.4, -0.2) is 36.0 Å². The zero-order chi connectivity index (χ0) is 12.0. The van der Waals surface area contributed by atoms with E-state index in [1.165, 1.54) is 12.8 Å². The highest BCUT2D eigenvalue weighted by atomic mass is 16.2. The van der Waals surface area contributed by atoms with Crippen molar-refractivity contribution in [3.63, 3.8) is 0 Å². The fourth-order valence-corrected chi connectivity index (χ4v) is 2.44. The molecule has 0 bridgehead atoms. The number of carbonyl (C=O) groups excluding carboxylic acids is 1. The quantitative estimate of drug-likeness (QED) is 0.779. The summed E-state index contributed by atoms with van der Waals surface area (Å²) in [5, 5.41) is 3.40. The Morgan fingerprint density at radius 2 is 1.88 bits per heavy atom. The fourth-order valence-electron chi connectivity index (χ4n) is 2.44. The zero-order valence-corrected chi connectivity index (χ0v) is 11.0. The highest BCUT2D eigenvalue weighted by Gasteiger charge is 2.36. The van der Waals surface area contributed by atoms with Crippen molar-refractivity contribution in [2.24, 2.45) is 0 Å². The third kappa shape index (κ3) is 3.21. The molecule has 0 aromatic carbocycles. The lowest BCUT2D eigenvalue weighted by molar-refractivity contribution is -0.138. The first kappa shape index (κ1) is 13.5. The number of rotatable bonds is 5. The Kier molecular flexibility index (Phi) is 5.26. The molecule has 0 aromatic rings. The third-order valence-electron chi connectivity index (χ3n) is 3.37. The van der Waals surface area contributed by atoms with Crippen molar-refractivity contribution in [3.05, 3.63) is 0 Å². The number of piperidine rings is 1. The van der Waals surface area contributed by atoms with Crippen LogP contribution in [0.4, 0.5) is 0 Å². The molecule has 0 radical (unpaired) electrons. The Hall–Kier alpha value is -0.570. The first-order valence-corrected chi connectivity index (χ1v) is 6.68. The van der Waals surface area contributed by atoms with Gasteiger partial charge in [0.15, 0.2) is 0 Å². The Morgan fingerprint density at radius 3 is 2.31 bits per heavy atom. The van der Waals surface area contributed by atoms with Crippen LogP contribution >= 0.6 is 0 Å². The smallest absolute Gasteiger partial charge is 0.242 e. The average molecular weight is 226 g/mol. The Balaban J connectivity index is 2.63. The van der Waals surface area contributed by atoms with Gasteiger partial charge >= 0.3 is 0 Å². The van der Waals surface area contributed by atoms with Gasteiger partial charge in [0, 0.05) is 13.1 Å². The average Bonchev–Trinajstić information content (AvgIpc) is 2.29. The van der Waals surface area contributed by atoms with E-state index in [0.29, 0.717) is 5.91 Å². The van der Waals surface area contributed by atoms with Crippen molar-refractivity contribution in [2.75, 3.05) is 19.6 Å². The molecular weight excluding hydrogens is 200 g/mol. The molecule has 94 valence electrons. The summed E-state index contributed by atoms with van der Waals surface area (Å²) in [6, 6.07) is 0. The maximum absolute atomic E-state index is 12.5. The molecule has 1 saturated heterocycles. The zero-order valence-electron chi connectivity index (χ0n) is 11.0. The van der Waals surface area contributed by atoms with E-state index in [2.05, 4.69) is 26.1 Å². The fraction of sp³-hybridized carbons (Fsp3) is 0.923. The molecule has 1 heterocycles. The second-order valence-electron chi connectivity index (χ2n) is 5.01. The molecule has 0 aliphatic carbocycles. The van der Waals surface area contributed by atoms with Gasteiger partial charge in [0.1, 0.15) is 0 Å². The van der Waals surface area contributed by atoms with Crippen LogP contribution in [0, 0.1) is 0 Å². The summed E-state index contributed by atoms with van der Waals surface area (Å²) in [5.41, 5.74) is -0.303. The molecule has 1 aliphatic heterocycles. The molecule has 16 heavy (non-hydrogen) atoms. The van der Waals surface area contributed by atoms with Crippen LogP contribution in [-0.2, 0) is 4.79 Å². The first-order valence-electron chi connectivity index (χ1n) is 6.68. The molecule has 1 amide bonds. The molecule has 0 spiro atoms. The minimum Gasteiger partial charge on any atom is -0.341 e. The minimum absolute atomic E-state index is 0.302. The van der Waals surface area contributed by atoms with Crippen LogP contribution < -0.4 is 5.32 Å². The number of nitrogens with one attached hydrogen (secondary N) is 1. The predicted octanol–water partition coefficient (Wildman–Crippen LogP) is 2.17. The maximum atomic E-state index is 12.5. The van der Waals surface area contributed by atoms with Crippen LogP contribution in [0.3, 0.4) is 0 Å². The van der Waals surface area contributed by atoms with E-state index < -0.39 is 0 Å². The third-order valence-corrected chi connectivity index (χ3v) is 3.37. The van der Waals surface area contributed by atoms with E-state index in [0.717, 1.165) is 38.9 Å². The summed E-state index contributed by atoms with van der Waals surface area (Å²) in [5.74, 6) is 0.302. The molecule has 1 rings (SSSR count). The second-order valence-corrected chi connectivity index (χ2v) is 5.01. The number of carbonyl (C=O) groups is 1. The molecule has 0 saturated carbocycles. The highest BCUT2D eigenvalue weighted by Crippen LogP contribution is 2.21. The summed E-state index contributed by atoms with van der Waals surface area (Å²) >= 11 is 0. The van der Waals surface area contributed by atoms with Gasteiger partial charge in [0.2, 0.25) is 5.91 Å². The van der Waals surface area contributed by atoms with Crippen LogP contribution in [0.1, 0.15) is 52.9 Å². The van der Waals surface area contributed by atoms with E-state index in [1.54, 1.807) is 0 Å². The van der Waals surface area contributed by atoms with Crippen LogP contribution in [0.15, 0.2) is 0 Å². The topological polar surface area (TPSA) is 32.3 Å². The normalized spacial score (nSPS) is 25.4. The predicted molar refractivity (Wildman–Crippen MR) is 67.4 cm³/mol. The van der Waals surface area contributed by atoms with Gasteiger partial charge in [0.25, 0.3) is 0 Å². The van der Waals surface area contributed by atoms with Crippen LogP contribution in [0.25, 0.3) is 0 Å². The van der Waals surface area contributed by atoms with Gasteiger partial charge < -0.3 is 10.2 Å². The Morgan fingerprint density at radius 1 is 1.25 bits per heavy atom. The van der Waals surface area contributed by atoms with Gasteiger partial charge in [-0.05, 0) is 45.6 Å². The summed E-state index contributed by atoms with van der Waals surface area (Å²) in [6.45, 7) is 9.09. The largest absolute Gasteiger partial charge is 0.341 e. The van der Waals surface area contributed by atoms with Gasteiger partial charge in [-0.3, -0.25) is 4.79 Å². The number of nitrogens with zero attached hydrogens (tertiary/aromatic N) is 1. The van der Waals surface area contributed by atoms with Gasteiger partial charge in [-0.2, -0.15) is 0 Å². The van der Waals surface area contributed by atoms with Crippen molar-refractivity contribution < 1.29 is 4.79 Å². The van der Waals surface area contributed by atoms with Crippen LogP contribution in [0.2, 0.25) is 0 Å². The minimum atomic E-state index is -0.303. The molecule has 1 atom stereocenters. The molecule has 1 unspecified atom stereocenters. The van der Waals surface area contributed by atoms with Gasteiger partial charge in [-0.15, -0.1) is 0 Å². The Bertz CT molecular complexity index is 216. The summed E-state index contributed by atoms with van der Waals surface area (Å²) in [6.07, 6.45) is 5.44. The van der Waals surface area contributed by atoms with Gasteiger partial charge in [0.05, 0.1) is 5.54 Å². The molecule has 1 N–H and O–H groups in total. The lowest BCUT2D eigenvalue weighted by atomic mass is 9.89. The van der Waals surface area contributed by atoms with Gasteiger partial charge in [-0.1, -0.05) is 13.8 Å². The maximum Gasteiger partial charge on any atom is 0.242 e. The van der Waals surface area contributed by atoms with Crippen molar-refractivity contribution in [1.29, 1.82) is 0 Å². The monoisotopic (exact) mass is 226 g/mol. The summed E-state index contributed by atoms with van der Waals surface area (Å²) in [4.78, 5) is 14.5. The van der Waals surface area contributed by atoms with Gasteiger partial charge in [-0.25, -0.2) is 0 Å². The van der Waals surface area contributed by atoms with E-state index in [-0.39, 0.29) is 5.54 Å². The van der Waals surface area contributed by atoms with E-state index in [1.807, 2.05) is 4.90 Å². The van der Waals surface area contributed by atoms with E-state index >= 15 is 0 Å². The van der Waals surface area contributed by atoms with Crippen molar-refractivity contribution >= 4 is 5.91 Å². The second kappa shape index (κ2) is 6.24.